The minimum Gasteiger partial charge on any atom is -0.502 e. The number of ether oxygens (including phenoxy) is 1. The third-order valence-corrected chi connectivity index (χ3v) is 2.86. The normalized spacial score (nSPS) is 12.9. The summed E-state index contributed by atoms with van der Waals surface area (Å²) in [7, 11) is 0. The summed E-state index contributed by atoms with van der Waals surface area (Å²) in [6, 6.07) is 6.15. The standard InChI is InChI=1S/C18H20FNO3/c1-3-13(11-14-5-8-15(19)9-6-14)7-10-16(20)12-17(21)18(22)23-4-2/h3,5-10,12,21H,1,4,11,20H2,2H3/b13-7+,16-10-,17-12-. The number of benzene rings is 1. The van der Waals surface area contributed by atoms with E-state index in [1.807, 2.05) is 0 Å². The Bertz CT molecular complexity index is 643. The summed E-state index contributed by atoms with van der Waals surface area (Å²) in [6.07, 6.45) is 6.58. The summed E-state index contributed by atoms with van der Waals surface area (Å²) in [6.45, 7) is 5.52. The first-order valence-corrected chi connectivity index (χ1v) is 7.07. The molecule has 0 amide bonds. The van der Waals surface area contributed by atoms with E-state index >= 15 is 0 Å². The van der Waals surface area contributed by atoms with Crippen molar-refractivity contribution in [2.45, 2.75) is 13.3 Å². The molecule has 0 unspecified atom stereocenters. The van der Waals surface area contributed by atoms with Gasteiger partial charge >= 0.3 is 5.97 Å². The zero-order chi connectivity index (χ0) is 17.2. The van der Waals surface area contributed by atoms with Crippen molar-refractivity contribution in [3.05, 3.63) is 83.6 Å². The lowest BCUT2D eigenvalue weighted by atomic mass is 10.0. The van der Waals surface area contributed by atoms with Gasteiger partial charge in [-0.15, -0.1) is 0 Å². The molecule has 1 aromatic carbocycles. The Kier molecular flexibility index (Phi) is 7.33. The highest BCUT2D eigenvalue weighted by atomic mass is 19.1. The van der Waals surface area contributed by atoms with Crippen LogP contribution >= 0.6 is 0 Å². The Morgan fingerprint density at radius 1 is 1.35 bits per heavy atom. The molecule has 23 heavy (non-hydrogen) atoms. The summed E-state index contributed by atoms with van der Waals surface area (Å²) < 4.78 is 17.5. The summed E-state index contributed by atoms with van der Waals surface area (Å²) in [4.78, 5) is 11.3. The molecule has 0 saturated heterocycles. The molecule has 0 aliphatic carbocycles. The molecule has 0 atom stereocenters. The molecular weight excluding hydrogens is 297 g/mol. The Hall–Kier alpha value is -2.82. The highest BCUT2D eigenvalue weighted by Gasteiger charge is 2.07. The van der Waals surface area contributed by atoms with Gasteiger partial charge in [-0.05, 0) is 42.7 Å². The van der Waals surface area contributed by atoms with Crippen LogP contribution in [0.25, 0.3) is 0 Å². The molecule has 1 aromatic rings. The van der Waals surface area contributed by atoms with Crippen LogP contribution in [0.1, 0.15) is 12.5 Å². The minimum atomic E-state index is -0.830. The molecule has 122 valence electrons. The summed E-state index contributed by atoms with van der Waals surface area (Å²) in [5.41, 5.74) is 7.68. The molecule has 0 aliphatic heterocycles. The first-order valence-electron chi connectivity index (χ1n) is 7.07. The second-order valence-corrected chi connectivity index (χ2v) is 4.67. The van der Waals surface area contributed by atoms with E-state index in [1.165, 1.54) is 18.2 Å². The Labute approximate surface area is 135 Å². The third-order valence-electron chi connectivity index (χ3n) is 2.86. The molecule has 0 fully saturated rings. The van der Waals surface area contributed by atoms with Gasteiger partial charge in [0.25, 0.3) is 0 Å². The van der Waals surface area contributed by atoms with Crippen LogP contribution < -0.4 is 5.73 Å². The topological polar surface area (TPSA) is 72.5 Å². The van der Waals surface area contributed by atoms with Crippen LogP contribution in [0.4, 0.5) is 4.39 Å². The number of hydrogen-bond acceptors (Lipinski definition) is 4. The van der Waals surface area contributed by atoms with E-state index in [1.54, 1.807) is 31.2 Å². The lowest BCUT2D eigenvalue weighted by Crippen LogP contribution is -2.08. The highest BCUT2D eigenvalue weighted by Crippen LogP contribution is 2.11. The van der Waals surface area contributed by atoms with E-state index < -0.39 is 11.7 Å². The second kappa shape index (κ2) is 9.25. The number of allylic oxidation sites excluding steroid dienone is 5. The van der Waals surface area contributed by atoms with Gasteiger partial charge in [-0.25, -0.2) is 9.18 Å². The van der Waals surface area contributed by atoms with Crippen LogP contribution in [0.5, 0.6) is 0 Å². The summed E-state index contributed by atoms with van der Waals surface area (Å²) >= 11 is 0. The fourth-order valence-corrected chi connectivity index (χ4v) is 1.71. The van der Waals surface area contributed by atoms with Gasteiger partial charge in [0.2, 0.25) is 5.76 Å². The van der Waals surface area contributed by atoms with E-state index in [9.17, 15) is 14.3 Å². The lowest BCUT2D eigenvalue weighted by molar-refractivity contribution is -0.141. The van der Waals surface area contributed by atoms with E-state index in [0.29, 0.717) is 6.42 Å². The van der Waals surface area contributed by atoms with Gasteiger partial charge in [0, 0.05) is 11.8 Å². The van der Waals surface area contributed by atoms with Crippen molar-refractivity contribution in [3.8, 4) is 0 Å². The fraction of sp³-hybridized carbons (Fsp3) is 0.167. The molecule has 0 radical (unpaired) electrons. The number of hydrogen-bond donors (Lipinski definition) is 2. The minimum absolute atomic E-state index is 0.165. The maximum absolute atomic E-state index is 12.9. The second-order valence-electron chi connectivity index (χ2n) is 4.67. The number of nitrogens with two attached hydrogens (primary N) is 1. The van der Waals surface area contributed by atoms with Gasteiger partial charge < -0.3 is 15.6 Å². The number of aliphatic hydroxyl groups is 1. The van der Waals surface area contributed by atoms with Crippen molar-refractivity contribution >= 4 is 5.97 Å². The molecule has 5 heteroatoms. The quantitative estimate of drug-likeness (QED) is 0.350. The van der Waals surface area contributed by atoms with Gasteiger partial charge in [0.1, 0.15) is 5.82 Å². The molecule has 0 aromatic heterocycles. The van der Waals surface area contributed by atoms with Gasteiger partial charge in [0.15, 0.2) is 0 Å². The molecule has 0 aliphatic rings. The van der Waals surface area contributed by atoms with Crippen molar-refractivity contribution in [2.75, 3.05) is 6.61 Å². The highest BCUT2D eigenvalue weighted by molar-refractivity contribution is 5.86. The average Bonchev–Trinajstić information content (AvgIpc) is 2.53. The number of carbonyl (C=O) groups excluding carboxylic acids is 1. The maximum Gasteiger partial charge on any atom is 0.373 e. The van der Waals surface area contributed by atoms with Crippen LogP contribution in [0.3, 0.4) is 0 Å². The molecule has 0 saturated carbocycles. The van der Waals surface area contributed by atoms with Crippen molar-refractivity contribution in [2.24, 2.45) is 5.73 Å². The number of aliphatic hydroxyl groups excluding tert-OH is 1. The largest absolute Gasteiger partial charge is 0.502 e. The van der Waals surface area contributed by atoms with Crippen LogP contribution in [0, 0.1) is 5.82 Å². The zero-order valence-corrected chi connectivity index (χ0v) is 13.0. The predicted molar refractivity (Wildman–Crippen MR) is 88.0 cm³/mol. The van der Waals surface area contributed by atoms with E-state index in [2.05, 4.69) is 11.3 Å². The van der Waals surface area contributed by atoms with Gasteiger partial charge in [-0.3, -0.25) is 0 Å². The number of esters is 1. The van der Waals surface area contributed by atoms with Crippen LogP contribution in [0.15, 0.2) is 72.2 Å². The molecular formula is C18H20FNO3. The van der Waals surface area contributed by atoms with Crippen molar-refractivity contribution in [1.29, 1.82) is 0 Å². The average molecular weight is 317 g/mol. The molecule has 0 bridgehead atoms. The molecule has 3 N–H and O–H groups in total. The monoisotopic (exact) mass is 317 g/mol. The Morgan fingerprint density at radius 2 is 2.00 bits per heavy atom. The first kappa shape index (κ1) is 18.2. The molecule has 4 nitrogen and oxygen atoms in total. The lowest BCUT2D eigenvalue weighted by Gasteiger charge is -2.02. The number of halogens is 1. The van der Waals surface area contributed by atoms with E-state index in [-0.39, 0.29) is 18.1 Å². The molecule has 1 rings (SSSR count). The van der Waals surface area contributed by atoms with Gasteiger partial charge in [-0.1, -0.05) is 30.9 Å². The number of rotatable bonds is 7. The third kappa shape index (κ3) is 6.65. The van der Waals surface area contributed by atoms with Gasteiger partial charge in [0.05, 0.1) is 6.61 Å². The Morgan fingerprint density at radius 3 is 2.57 bits per heavy atom. The van der Waals surface area contributed by atoms with Gasteiger partial charge in [-0.2, -0.15) is 0 Å². The molecule has 0 spiro atoms. The van der Waals surface area contributed by atoms with Crippen LogP contribution in [0.2, 0.25) is 0 Å². The summed E-state index contributed by atoms with van der Waals surface area (Å²) in [5, 5.41) is 9.49. The molecule has 0 heterocycles. The van der Waals surface area contributed by atoms with Crippen LogP contribution in [-0.2, 0) is 16.0 Å². The van der Waals surface area contributed by atoms with E-state index in [4.69, 9.17) is 5.73 Å². The van der Waals surface area contributed by atoms with Crippen molar-refractivity contribution in [3.63, 3.8) is 0 Å². The number of carbonyl (C=O) groups is 1. The predicted octanol–water partition coefficient (Wildman–Crippen LogP) is 3.33. The SMILES string of the molecule is C=C\C(=C/C=C(N)/C=C(\O)C(=O)OCC)Cc1ccc(F)cc1. The maximum atomic E-state index is 12.9. The smallest absolute Gasteiger partial charge is 0.373 e. The van der Waals surface area contributed by atoms with Crippen molar-refractivity contribution < 1.29 is 19.0 Å². The first-order chi connectivity index (χ1) is 11.0. The zero-order valence-electron chi connectivity index (χ0n) is 13.0. The van der Waals surface area contributed by atoms with Crippen molar-refractivity contribution in [1.82, 2.24) is 0 Å². The Balaban J connectivity index is 2.81. The fourth-order valence-electron chi connectivity index (χ4n) is 1.71. The van der Waals surface area contributed by atoms with Crippen LogP contribution in [-0.4, -0.2) is 17.7 Å². The summed E-state index contributed by atoms with van der Waals surface area (Å²) in [5.74, 6) is -1.68. The van der Waals surface area contributed by atoms with E-state index in [0.717, 1.165) is 17.2 Å².